The fraction of sp³-hybridized carbons (Fsp3) is 0.167. The van der Waals surface area contributed by atoms with Gasteiger partial charge in [0.15, 0.2) is 34.6 Å². The highest BCUT2D eigenvalue weighted by molar-refractivity contribution is 7.81. The number of aryl methyl sites for hydroxylation is 1. The van der Waals surface area contributed by atoms with Crippen LogP contribution in [0.25, 0.3) is 11.5 Å². The van der Waals surface area contributed by atoms with Gasteiger partial charge in [0.05, 0.1) is 0 Å². The highest BCUT2D eigenvalue weighted by Crippen LogP contribution is 2.33. The lowest BCUT2D eigenvalue weighted by Crippen LogP contribution is -2.38. The minimum Gasteiger partial charge on any atom is -0.502 e. The Morgan fingerprint density at radius 3 is 2.40 bits per heavy atom. The van der Waals surface area contributed by atoms with Gasteiger partial charge in [-0.25, -0.2) is 0 Å². The van der Waals surface area contributed by atoms with Crippen LogP contribution in [0.4, 0.5) is 5.69 Å². The Hall–Kier alpha value is -3.38. The molecule has 6 heteroatoms. The van der Waals surface area contributed by atoms with E-state index in [4.69, 9.17) is 21.7 Å². The van der Waals surface area contributed by atoms with Gasteiger partial charge in [0.25, 0.3) is 5.70 Å². The first-order valence-corrected chi connectivity index (χ1v) is 10.3. The molecule has 0 unspecified atom stereocenters. The minimum atomic E-state index is 0.0471. The smallest absolute Gasteiger partial charge is 0.288 e. The maximum absolute atomic E-state index is 11.2. The summed E-state index contributed by atoms with van der Waals surface area (Å²) >= 11 is 5.69. The van der Waals surface area contributed by atoms with E-state index >= 15 is 0 Å². The van der Waals surface area contributed by atoms with Crippen LogP contribution in [0.1, 0.15) is 18.1 Å². The number of anilines is 1. The summed E-state index contributed by atoms with van der Waals surface area (Å²) < 4.78 is 13.0. The molecule has 0 bridgehead atoms. The van der Waals surface area contributed by atoms with Crippen LogP contribution < -0.4 is 19.4 Å². The third-order valence-corrected chi connectivity index (χ3v) is 5.14. The van der Waals surface area contributed by atoms with Crippen molar-refractivity contribution in [2.45, 2.75) is 13.3 Å². The number of hydrogen-bond donors (Lipinski definition) is 2. The number of nitrogens with zero attached hydrogens (tertiary/aromatic N) is 1. The van der Waals surface area contributed by atoms with Crippen LogP contribution in [0.15, 0.2) is 73.1 Å². The molecule has 1 aromatic heterocycles. The molecule has 4 rings (SSSR count). The summed E-state index contributed by atoms with van der Waals surface area (Å²) in [5.41, 5.74) is 3.18. The van der Waals surface area contributed by atoms with E-state index in [-0.39, 0.29) is 5.76 Å². The Labute approximate surface area is 181 Å². The second-order valence-corrected chi connectivity index (χ2v) is 7.25. The molecule has 2 N–H and O–H groups in total. The van der Waals surface area contributed by atoms with Gasteiger partial charge in [-0.3, -0.25) is 0 Å². The topological polar surface area (TPSA) is 54.6 Å². The van der Waals surface area contributed by atoms with E-state index in [1.807, 2.05) is 42.7 Å². The largest absolute Gasteiger partial charge is 0.502 e. The predicted molar refractivity (Wildman–Crippen MR) is 122 cm³/mol. The zero-order valence-electron chi connectivity index (χ0n) is 16.7. The average Bonchev–Trinajstić information content (AvgIpc) is 2.80. The number of aromatic nitrogens is 1. The van der Waals surface area contributed by atoms with Crippen LogP contribution in [0.3, 0.4) is 0 Å². The first kappa shape index (κ1) is 19.9. The molecule has 2 heterocycles. The van der Waals surface area contributed by atoms with Crippen molar-refractivity contribution in [1.82, 2.24) is 0 Å². The zero-order valence-corrected chi connectivity index (χ0v) is 17.5. The number of hydrogen-bond acceptors (Lipinski definition) is 4. The summed E-state index contributed by atoms with van der Waals surface area (Å²) in [6.07, 6.45) is 4.66. The second-order valence-electron chi connectivity index (χ2n) is 6.84. The van der Waals surface area contributed by atoms with Gasteiger partial charge >= 0.3 is 0 Å². The van der Waals surface area contributed by atoms with Gasteiger partial charge < -0.3 is 19.9 Å². The van der Waals surface area contributed by atoms with Gasteiger partial charge in [-0.2, -0.15) is 4.57 Å². The number of aliphatic hydroxyl groups is 1. The third kappa shape index (κ3) is 4.28. The summed E-state index contributed by atoms with van der Waals surface area (Å²) in [4.78, 5) is 0.405. The molecule has 30 heavy (non-hydrogen) atoms. The lowest BCUT2D eigenvalue weighted by molar-refractivity contribution is -0.575. The Bertz CT molecular complexity index is 1080. The molecule has 0 aliphatic carbocycles. The van der Waals surface area contributed by atoms with Gasteiger partial charge in [0.1, 0.15) is 13.2 Å². The molecular weight excluding hydrogens is 396 g/mol. The van der Waals surface area contributed by atoms with Crippen LogP contribution in [0.5, 0.6) is 11.5 Å². The number of thiocarbonyl (C=S) groups is 1. The van der Waals surface area contributed by atoms with Gasteiger partial charge in [0, 0.05) is 23.4 Å². The van der Waals surface area contributed by atoms with E-state index < -0.39 is 0 Å². The lowest BCUT2D eigenvalue weighted by Gasteiger charge is -2.19. The van der Waals surface area contributed by atoms with Crippen molar-refractivity contribution in [3.63, 3.8) is 0 Å². The number of ether oxygens (including phenoxy) is 2. The maximum Gasteiger partial charge on any atom is 0.288 e. The van der Waals surface area contributed by atoms with E-state index in [9.17, 15) is 5.11 Å². The second kappa shape index (κ2) is 8.97. The Balaban J connectivity index is 1.72. The van der Waals surface area contributed by atoms with Crippen molar-refractivity contribution in [2.24, 2.45) is 0 Å². The Morgan fingerprint density at radius 1 is 1.00 bits per heavy atom. The SMILES string of the molecule is CCc1ccc(NC(=S)/C(=C(/O)c2ccc3c(c2)OCCO3)[n+]2ccccc2)cc1. The standard InChI is InChI=1S/C24H22N2O3S/c1-2-17-6-9-19(10-7-17)25-24(30)22(26-12-4-3-5-13-26)23(27)18-8-11-20-21(16-18)29-15-14-28-20/h3-13,16H,2,14-15H2,1H3,(H-,25,27,30)/p+1. The molecule has 0 saturated heterocycles. The quantitative estimate of drug-likeness (QED) is 0.273. The molecule has 2 aromatic carbocycles. The lowest BCUT2D eigenvalue weighted by atomic mass is 10.1. The van der Waals surface area contributed by atoms with Crippen LogP contribution in [-0.4, -0.2) is 23.3 Å². The highest BCUT2D eigenvalue weighted by Gasteiger charge is 2.25. The van der Waals surface area contributed by atoms with E-state index in [2.05, 4.69) is 24.4 Å². The summed E-state index contributed by atoms with van der Waals surface area (Å²) in [6, 6.07) is 19.1. The van der Waals surface area contributed by atoms with Crippen LogP contribution in [-0.2, 0) is 6.42 Å². The van der Waals surface area contributed by atoms with E-state index in [1.165, 1.54) is 5.56 Å². The number of benzene rings is 2. The van der Waals surface area contributed by atoms with Crippen molar-refractivity contribution in [3.8, 4) is 11.5 Å². The third-order valence-electron chi connectivity index (χ3n) is 4.85. The summed E-state index contributed by atoms with van der Waals surface area (Å²) in [5, 5.41) is 14.4. The highest BCUT2D eigenvalue weighted by atomic mass is 32.1. The predicted octanol–water partition coefficient (Wildman–Crippen LogP) is 4.63. The van der Waals surface area contributed by atoms with Crippen LogP contribution in [0.2, 0.25) is 0 Å². The van der Waals surface area contributed by atoms with Gasteiger partial charge in [-0.05, 0) is 42.3 Å². The molecule has 1 aliphatic rings. The van der Waals surface area contributed by atoms with Crippen molar-refractivity contribution in [3.05, 3.63) is 84.2 Å². The maximum atomic E-state index is 11.2. The van der Waals surface area contributed by atoms with Crippen molar-refractivity contribution in [1.29, 1.82) is 0 Å². The minimum absolute atomic E-state index is 0.0471. The molecule has 0 fully saturated rings. The molecule has 1 aliphatic heterocycles. The fourth-order valence-corrected chi connectivity index (χ4v) is 3.56. The van der Waals surface area contributed by atoms with E-state index in [0.717, 1.165) is 12.1 Å². The normalized spacial score (nSPS) is 13.4. The number of fused-ring (bicyclic) bond motifs is 1. The molecular formula is C24H23N2O3S+. The molecule has 0 saturated carbocycles. The fourth-order valence-electron chi connectivity index (χ4n) is 3.24. The molecule has 152 valence electrons. The van der Waals surface area contributed by atoms with Gasteiger partial charge in [0.2, 0.25) is 0 Å². The molecule has 0 radical (unpaired) electrons. The van der Waals surface area contributed by atoms with Crippen LogP contribution >= 0.6 is 12.2 Å². The Morgan fingerprint density at radius 2 is 1.70 bits per heavy atom. The molecule has 3 aromatic rings. The number of pyridine rings is 1. The molecule has 0 amide bonds. The monoisotopic (exact) mass is 419 g/mol. The number of nitrogens with one attached hydrogen (secondary N) is 1. The molecule has 0 atom stereocenters. The molecule has 0 spiro atoms. The van der Waals surface area contributed by atoms with Crippen molar-refractivity contribution in [2.75, 3.05) is 18.5 Å². The first-order valence-electron chi connectivity index (χ1n) is 9.86. The van der Waals surface area contributed by atoms with Gasteiger partial charge in [-0.1, -0.05) is 37.3 Å². The van der Waals surface area contributed by atoms with Crippen molar-refractivity contribution >= 4 is 34.3 Å². The Kier molecular flexibility index (Phi) is 5.95. The average molecular weight is 420 g/mol. The zero-order chi connectivity index (χ0) is 20.9. The number of rotatable bonds is 5. The first-order chi connectivity index (χ1) is 14.7. The summed E-state index contributed by atoms with van der Waals surface area (Å²) in [7, 11) is 0. The number of aliphatic hydroxyl groups excluding tert-OH is 1. The van der Waals surface area contributed by atoms with E-state index in [0.29, 0.717) is 41.0 Å². The summed E-state index contributed by atoms with van der Waals surface area (Å²) in [5.74, 6) is 1.33. The summed E-state index contributed by atoms with van der Waals surface area (Å²) in [6.45, 7) is 3.12. The van der Waals surface area contributed by atoms with E-state index in [1.54, 1.807) is 22.8 Å². The van der Waals surface area contributed by atoms with Gasteiger partial charge in [-0.15, -0.1) is 0 Å². The van der Waals surface area contributed by atoms with Crippen LogP contribution in [0, 0.1) is 0 Å². The molecule has 5 nitrogen and oxygen atoms in total. The van der Waals surface area contributed by atoms with Crippen molar-refractivity contribution < 1.29 is 19.1 Å².